The Hall–Kier alpha value is -1.43. The second-order valence-electron chi connectivity index (χ2n) is 2.42. The van der Waals surface area contributed by atoms with Crippen molar-refractivity contribution in [3.05, 3.63) is 30.3 Å². The van der Waals surface area contributed by atoms with Gasteiger partial charge in [0.2, 0.25) is 0 Å². The Kier molecular flexibility index (Phi) is 4.41. The van der Waals surface area contributed by atoms with Crippen LogP contribution in [0.15, 0.2) is 30.3 Å². The van der Waals surface area contributed by atoms with Crippen molar-refractivity contribution >= 4 is 24.2 Å². The fourth-order valence-corrected chi connectivity index (χ4v) is 0.942. The van der Waals surface area contributed by atoms with Gasteiger partial charge in [0.25, 0.3) is 0 Å². The quantitative estimate of drug-likeness (QED) is 0.768. The number of para-hydroxylation sites is 1. The van der Waals surface area contributed by atoms with Crippen molar-refractivity contribution in [1.82, 2.24) is 0 Å². The van der Waals surface area contributed by atoms with Gasteiger partial charge >= 0.3 is 12.4 Å². The minimum atomic E-state index is -4.92. The van der Waals surface area contributed by atoms with Crippen LogP contribution in [0.4, 0.5) is 23.7 Å². The lowest BCUT2D eigenvalue weighted by molar-refractivity contribution is -0.123. The fraction of sp³-hybridized carbons (Fsp3) is 0.125. The lowest BCUT2D eigenvalue weighted by Crippen LogP contribution is -2.42. The van der Waals surface area contributed by atoms with Crippen LogP contribution in [0, 0.1) is 0 Å². The lowest BCUT2D eigenvalue weighted by Gasteiger charge is -2.21. The van der Waals surface area contributed by atoms with Crippen LogP contribution in [-0.2, 0) is 0 Å². The average Bonchev–Trinajstić information content (AvgIpc) is 2.02. The highest BCUT2D eigenvalue weighted by atomic mass is 35.5. The van der Waals surface area contributed by atoms with E-state index in [0.717, 1.165) is 12.1 Å². The second-order valence-corrected chi connectivity index (χ2v) is 2.42. The molecular weight excluding hydrogens is 235 g/mol. The van der Waals surface area contributed by atoms with Gasteiger partial charge in [-0.3, -0.25) is 0 Å². The Morgan fingerprint density at radius 3 is 2.00 bits per heavy atom. The predicted molar refractivity (Wildman–Crippen MR) is 50.2 cm³/mol. The summed E-state index contributed by atoms with van der Waals surface area (Å²) in [6.45, 7) is 0. The predicted octanol–water partition coefficient (Wildman–Crippen LogP) is 3.11. The SMILES string of the molecule is Cl.O=C(O)N(c1ccccc1)C(F)(F)F. The smallest absolute Gasteiger partial charge is 0.464 e. The standard InChI is InChI=1S/C8H6F3NO2.ClH/c9-8(10,11)12(7(13)14)6-4-2-1-3-5-6;/h1-5H,(H,13,14);1H. The van der Waals surface area contributed by atoms with Crippen LogP contribution in [0.25, 0.3) is 0 Å². The van der Waals surface area contributed by atoms with E-state index in [4.69, 9.17) is 5.11 Å². The molecule has 0 aliphatic rings. The molecule has 0 heterocycles. The number of anilines is 1. The van der Waals surface area contributed by atoms with Gasteiger partial charge < -0.3 is 5.11 Å². The molecule has 84 valence electrons. The molecule has 0 atom stereocenters. The Bertz CT molecular complexity index is 328. The molecule has 1 N–H and O–H groups in total. The van der Waals surface area contributed by atoms with Crippen molar-refractivity contribution < 1.29 is 23.1 Å². The summed E-state index contributed by atoms with van der Waals surface area (Å²) in [5.74, 6) is 0. The number of benzene rings is 1. The topological polar surface area (TPSA) is 40.5 Å². The van der Waals surface area contributed by atoms with Gasteiger partial charge in [-0.25, -0.2) is 4.79 Å². The Balaban J connectivity index is 0.00000196. The van der Waals surface area contributed by atoms with Gasteiger partial charge in [0.15, 0.2) is 0 Å². The van der Waals surface area contributed by atoms with Gasteiger partial charge in [0.1, 0.15) is 0 Å². The van der Waals surface area contributed by atoms with Crippen LogP contribution in [0.2, 0.25) is 0 Å². The highest BCUT2D eigenvalue weighted by molar-refractivity contribution is 5.86. The monoisotopic (exact) mass is 241 g/mol. The first-order valence-electron chi connectivity index (χ1n) is 3.58. The van der Waals surface area contributed by atoms with Crippen molar-refractivity contribution in [3.63, 3.8) is 0 Å². The average molecular weight is 242 g/mol. The third kappa shape index (κ3) is 3.32. The summed E-state index contributed by atoms with van der Waals surface area (Å²) < 4.78 is 36.6. The molecule has 1 amide bonds. The Labute approximate surface area is 89.5 Å². The highest BCUT2D eigenvalue weighted by Crippen LogP contribution is 2.27. The van der Waals surface area contributed by atoms with Crippen LogP contribution in [0.3, 0.4) is 0 Å². The number of halogens is 4. The molecule has 15 heavy (non-hydrogen) atoms. The molecule has 0 spiro atoms. The summed E-state index contributed by atoms with van der Waals surface area (Å²) in [6, 6.07) is 6.30. The molecule has 7 heteroatoms. The molecule has 0 radical (unpaired) electrons. The second kappa shape index (κ2) is 4.88. The molecule has 0 fully saturated rings. The molecule has 0 aliphatic carbocycles. The maximum absolute atomic E-state index is 12.2. The summed E-state index contributed by atoms with van der Waals surface area (Å²) in [5, 5.41) is 8.37. The molecule has 0 aromatic heterocycles. The number of hydrogen-bond donors (Lipinski definition) is 1. The first-order chi connectivity index (χ1) is 6.43. The lowest BCUT2D eigenvalue weighted by atomic mass is 10.3. The maximum Gasteiger partial charge on any atom is 0.494 e. The molecule has 0 saturated heterocycles. The minimum absolute atomic E-state index is 0. The molecule has 1 aromatic carbocycles. The number of carboxylic acid groups (broad SMARTS) is 1. The van der Waals surface area contributed by atoms with Crippen molar-refractivity contribution in [1.29, 1.82) is 0 Å². The summed E-state index contributed by atoms with van der Waals surface area (Å²) in [5.41, 5.74) is -0.424. The van der Waals surface area contributed by atoms with Gasteiger partial charge in [-0.2, -0.15) is 4.90 Å². The zero-order valence-corrected chi connectivity index (χ0v) is 8.05. The Morgan fingerprint density at radius 2 is 1.67 bits per heavy atom. The number of hydrogen-bond acceptors (Lipinski definition) is 1. The van der Waals surface area contributed by atoms with E-state index in [1.807, 2.05) is 0 Å². The van der Waals surface area contributed by atoms with E-state index < -0.39 is 23.0 Å². The first kappa shape index (κ1) is 13.6. The summed E-state index contributed by atoms with van der Waals surface area (Å²) >= 11 is 0. The molecular formula is C8H7ClF3NO2. The largest absolute Gasteiger partial charge is 0.494 e. The summed E-state index contributed by atoms with van der Waals surface area (Å²) in [7, 11) is 0. The van der Waals surface area contributed by atoms with E-state index in [2.05, 4.69) is 0 Å². The fourth-order valence-electron chi connectivity index (χ4n) is 0.942. The Morgan fingerprint density at radius 1 is 1.20 bits per heavy atom. The van der Waals surface area contributed by atoms with E-state index in [-0.39, 0.29) is 12.4 Å². The maximum atomic E-state index is 12.2. The molecule has 0 bridgehead atoms. The van der Waals surface area contributed by atoms with Crippen LogP contribution in [0.5, 0.6) is 0 Å². The minimum Gasteiger partial charge on any atom is -0.464 e. The van der Waals surface area contributed by atoms with E-state index in [1.54, 1.807) is 0 Å². The van der Waals surface area contributed by atoms with E-state index >= 15 is 0 Å². The van der Waals surface area contributed by atoms with Crippen molar-refractivity contribution in [2.24, 2.45) is 0 Å². The molecule has 0 unspecified atom stereocenters. The van der Waals surface area contributed by atoms with Crippen LogP contribution < -0.4 is 4.90 Å². The van der Waals surface area contributed by atoms with Gasteiger partial charge in [0, 0.05) is 0 Å². The van der Waals surface area contributed by atoms with Gasteiger partial charge in [-0.15, -0.1) is 25.6 Å². The number of amides is 1. The zero-order chi connectivity index (χ0) is 10.8. The number of rotatable bonds is 1. The third-order valence-electron chi connectivity index (χ3n) is 1.46. The number of alkyl halides is 3. The summed E-state index contributed by atoms with van der Waals surface area (Å²) in [6.07, 6.45) is -6.98. The van der Waals surface area contributed by atoms with Gasteiger partial charge in [0.05, 0.1) is 5.69 Å². The molecule has 3 nitrogen and oxygen atoms in total. The first-order valence-corrected chi connectivity index (χ1v) is 3.58. The van der Waals surface area contributed by atoms with E-state index in [9.17, 15) is 18.0 Å². The van der Waals surface area contributed by atoms with Gasteiger partial charge in [-0.1, -0.05) is 18.2 Å². The highest BCUT2D eigenvalue weighted by Gasteiger charge is 2.42. The van der Waals surface area contributed by atoms with Crippen molar-refractivity contribution in [2.45, 2.75) is 6.30 Å². The van der Waals surface area contributed by atoms with Crippen LogP contribution in [-0.4, -0.2) is 17.5 Å². The molecule has 1 aromatic rings. The number of nitrogens with zero attached hydrogens (tertiary/aromatic N) is 1. The number of carbonyl (C=O) groups is 1. The van der Waals surface area contributed by atoms with Crippen molar-refractivity contribution in [2.75, 3.05) is 4.90 Å². The summed E-state index contributed by atoms with van der Waals surface area (Å²) in [4.78, 5) is 9.71. The molecule has 0 aliphatic heterocycles. The van der Waals surface area contributed by atoms with Gasteiger partial charge in [-0.05, 0) is 12.1 Å². The van der Waals surface area contributed by atoms with E-state index in [1.165, 1.54) is 18.2 Å². The third-order valence-corrected chi connectivity index (χ3v) is 1.46. The molecule has 0 saturated carbocycles. The zero-order valence-electron chi connectivity index (χ0n) is 7.23. The van der Waals surface area contributed by atoms with Crippen LogP contribution in [0.1, 0.15) is 0 Å². The van der Waals surface area contributed by atoms with Crippen LogP contribution >= 0.6 is 12.4 Å². The van der Waals surface area contributed by atoms with E-state index in [0.29, 0.717) is 0 Å². The van der Waals surface area contributed by atoms with Crippen molar-refractivity contribution in [3.8, 4) is 0 Å². The normalized spacial score (nSPS) is 10.3. The molecule has 1 rings (SSSR count).